The zero-order valence-corrected chi connectivity index (χ0v) is 17.1. The predicted octanol–water partition coefficient (Wildman–Crippen LogP) is 7.19. The first-order valence-electron chi connectivity index (χ1n) is 7.57. The number of hydrogen-bond donors (Lipinski definition) is 0. The van der Waals surface area contributed by atoms with Gasteiger partial charge in [0.2, 0.25) is 0 Å². The van der Waals surface area contributed by atoms with E-state index in [0.717, 1.165) is 31.5 Å². The Morgan fingerprint density at radius 3 is 2.32 bits per heavy atom. The number of halogens is 3. The maximum absolute atomic E-state index is 6.01. The first kappa shape index (κ1) is 18.2. The standard InChI is InChI=1S/C20H14Br2ClNO/c21-18-10-15(12-24-17-7-2-1-3-8-17)11-19(22)20(18)25-13-14-5-4-6-16(23)9-14/h1-12H,13H2. The van der Waals surface area contributed by atoms with E-state index in [1.165, 1.54) is 0 Å². The molecule has 126 valence electrons. The summed E-state index contributed by atoms with van der Waals surface area (Å²) in [7, 11) is 0. The maximum atomic E-state index is 6.01. The quantitative estimate of drug-likeness (QED) is 0.355. The van der Waals surface area contributed by atoms with Crippen molar-refractivity contribution < 1.29 is 4.74 Å². The Morgan fingerprint density at radius 1 is 0.920 bits per heavy atom. The smallest absolute Gasteiger partial charge is 0.148 e. The number of para-hydroxylation sites is 1. The Kier molecular flexibility index (Phi) is 6.29. The average molecular weight is 480 g/mol. The molecule has 0 fully saturated rings. The molecule has 5 heteroatoms. The molecule has 3 rings (SSSR count). The van der Waals surface area contributed by atoms with Crippen molar-refractivity contribution in [3.8, 4) is 5.75 Å². The molecule has 0 heterocycles. The highest BCUT2D eigenvalue weighted by Crippen LogP contribution is 2.35. The van der Waals surface area contributed by atoms with Crippen LogP contribution in [0.3, 0.4) is 0 Å². The van der Waals surface area contributed by atoms with Crippen molar-refractivity contribution in [3.05, 3.63) is 91.8 Å². The van der Waals surface area contributed by atoms with Crippen LogP contribution >= 0.6 is 43.5 Å². The van der Waals surface area contributed by atoms with E-state index in [-0.39, 0.29) is 0 Å². The van der Waals surface area contributed by atoms with Gasteiger partial charge in [0.15, 0.2) is 0 Å². The van der Waals surface area contributed by atoms with E-state index in [2.05, 4.69) is 36.9 Å². The van der Waals surface area contributed by atoms with Crippen LogP contribution in [0.4, 0.5) is 5.69 Å². The molecule has 0 aromatic heterocycles. The van der Waals surface area contributed by atoms with Crippen LogP contribution in [0, 0.1) is 0 Å². The Bertz CT molecular complexity index is 874. The second-order valence-corrected chi connectivity index (χ2v) is 7.47. The van der Waals surface area contributed by atoms with Crippen molar-refractivity contribution in [1.82, 2.24) is 0 Å². The van der Waals surface area contributed by atoms with Gasteiger partial charge < -0.3 is 4.74 Å². The number of hydrogen-bond acceptors (Lipinski definition) is 2. The molecule has 3 aromatic rings. The minimum Gasteiger partial charge on any atom is -0.487 e. The number of aliphatic imine (C=N–C) groups is 1. The van der Waals surface area contributed by atoms with Crippen LogP contribution in [0.25, 0.3) is 0 Å². The van der Waals surface area contributed by atoms with E-state index in [1.54, 1.807) is 0 Å². The minimum atomic E-state index is 0.440. The van der Waals surface area contributed by atoms with Crippen LogP contribution in [0.2, 0.25) is 5.02 Å². The van der Waals surface area contributed by atoms with Gasteiger partial charge in [0.05, 0.1) is 14.6 Å². The fraction of sp³-hybridized carbons (Fsp3) is 0.0500. The van der Waals surface area contributed by atoms with Gasteiger partial charge in [-0.05, 0) is 79.4 Å². The molecule has 0 spiro atoms. The summed E-state index contributed by atoms with van der Waals surface area (Å²) >= 11 is 13.1. The molecule has 0 unspecified atom stereocenters. The number of benzene rings is 3. The van der Waals surface area contributed by atoms with Crippen LogP contribution in [-0.2, 0) is 6.61 Å². The topological polar surface area (TPSA) is 21.6 Å². The second-order valence-electron chi connectivity index (χ2n) is 5.33. The lowest BCUT2D eigenvalue weighted by molar-refractivity contribution is 0.302. The largest absolute Gasteiger partial charge is 0.487 e. The third-order valence-electron chi connectivity index (χ3n) is 3.41. The molecule has 0 amide bonds. The summed E-state index contributed by atoms with van der Waals surface area (Å²) in [5, 5.41) is 0.701. The van der Waals surface area contributed by atoms with E-state index in [1.807, 2.05) is 72.9 Å². The molecule has 0 atom stereocenters. The molecule has 0 bridgehead atoms. The van der Waals surface area contributed by atoms with Gasteiger partial charge >= 0.3 is 0 Å². The summed E-state index contributed by atoms with van der Waals surface area (Å²) in [6.07, 6.45) is 1.83. The Balaban J connectivity index is 1.75. The molecular formula is C20H14Br2ClNO. The fourth-order valence-corrected chi connectivity index (χ4v) is 3.90. The molecule has 3 aromatic carbocycles. The third kappa shape index (κ3) is 5.18. The number of ether oxygens (including phenoxy) is 1. The molecule has 0 saturated carbocycles. The van der Waals surface area contributed by atoms with E-state index in [0.29, 0.717) is 11.6 Å². The third-order valence-corrected chi connectivity index (χ3v) is 4.82. The van der Waals surface area contributed by atoms with Gasteiger partial charge in [-0.25, -0.2) is 0 Å². The van der Waals surface area contributed by atoms with E-state index in [9.17, 15) is 0 Å². The first-order chi connectivity index (χ1) is 12.1. The van der Waals surface area contributed by atoms with Crippen LogP contribution in [-0.4, -0.2) is 6.21 Å². The summed E-state index contributed by atoms with van der Waals surface area (Å²) in [6, 6.07) is 21.4. The monoisotopic (exact) mass is 477 g/mol. The van der Waals surface area contributed by atoms with Crippen molar-refractivity contribution >= 4 is 55.4 Å². The van der Waals surface area contributed by atoms with Crippen LogP contribution < -0.4 is 4.74 Å². The van der Waals surface area contributed by atoms with Gasteiger partial charge in [-0.15, -0.1) is 0 Å². The molecule has 0 saturated heterocycles. The highest BCUT2D eigenvalue weighted by atomic mass is 79.9. The number of nitrogens with zero attached hydrogens (tertiary/aromatic N) is 1. The van der Waals surface area contributed by atoms with Crippen LogP contribution in [0.1, 0.15) is 11.1 Å². The summed E-state index contributed by atoms with van der Waals surface area (Å²) in [6.45, 7) is 0.440. The summed E-state index contributed by atoms with van der Waals surface area (Å²) in [5.41, 5.74) is 2.90. The molecule has 0 aliphatic carbocycles. The lowest BCUT2D eigenvalue weighted by Crippen LogP contribution is -1.97. The zero-order chi connectivity index (χ0) is 17.6. The molecule has 0 N–H and O–H groups in total. The lowest BCUT2D eigenvalue weighted by Gasteiger charge is -2.11. The van der Waals surface area contributed by atoms with Gasteiger partial charge in [0, 0.05) is 11.2 Å². The molecule has 25 heavy (non-hydrogen) atoms. The summed E-state index contributed by atoms with van der Waals surface area (Å²) in [4.78, 5) is 4.47. The van der Waals surface area contributed by atoms with Gasteiger partial charge in [-0.2, -0.15) is 0 Å². The predicted molar refractivity (Wildman–Crippen MR) is 111 cm³/mol. The maximum Gasteiger partial charge on any atom is 0.148 e. The number of rotatable bonds is 5. The summed E-state index contributed by atoms with van der Waals surface area (Å²) in [5.74, 6) is 0.747. The van der Waals surface area contributed by atoms with E-state index in [4.69, 9.17) is 16.3 Å². The van der Waals surface area contributed by atoms with Crippen molar-refractivity contribution in [2.24, 2.45) is 4.99 Å². The van der Waals surface area contributed by atoms with Gasteiger partial charge in [0.25, 0.3) is 0 Å². The zero-order valence-electron chi connectivity index (χ0n) is 13.1. The van der Waals surface area contributed by atoms with Crippen molar-refractivity contribution in [2.45, 2.75) is 6.61 Å². The van der Waals surface area contributed by atoms with Crippen molar-refractivity contribution in [3.63, 3.8) is 0 Å². The molecule has 2 nitrogen and oxygen atoms in total. The Hall–Kier alpha value is -1.62. The van der Waals surface area contributed by atoms with E-state index < -0.39 is 0 Å². The highest BCUT2D eigenvalue weighted by molar-refractivity contribution is 9.11. The fourth-order valence-electron chi connectivity index (χ4n) is 2.24. The minimum absolute atomic E-state index is 0.440. The molecule has 0 aliphatic rings. The normalized spacial score (nSPS) is 11.0. The Morgan fingerprint density at radius 2 is 1.64 bits per heavy atom. The first-order valence-corrected chi connectivity index (χ1v) is 9.53. The van der Waals surface area contributed by atoms with Gasteiger partial charge in [-0.3, -0.25) is 4.99 Å². The van der Waals surface area contributed by atoms with Gasteiger partial charge in [-0.1, -0.05) is 41.9 Å². The van der Waals surface area contributed by atoms with Gasteiger partial charge in [0.1, 0.15) is 12.4 Å². The second kappa shape index (κ2) is 8.65. The average Bonchev–Trinajstić information content (AvgIpc) is 2.60. The highest BCUT2D eigenvalue weighted by Gasteiger charge is 2.09. The Labute approximate surface area is 168 Å². The van der Waals surface area contributed by atoms with Crippen molar-refractivity contribution in [1.29, 1.82) is 0 Å². The van der Waals surface area contributed by atoms with Crippen molar-refractivity contribution in [2.75, 3.05) is 0 Å². The summed E-state index contributed by atoms with van der Waals surface area (Å²) < 4.78 is 7.65. The van der Waals surface area contributed by atoms with Crippen LogP contribution in [0.5, 0.6) is 5.75 Å². The van der Waals surface area contributed by atoms with Crippen LogP contribution in [0.15, 0.2) is 80.7 Å². The molecular weight excluding hydrogens is 465 g/mol. The molecule has 0 radical (unpaired) electrons. The van der Waals surface area contributed by atoms with E-state index >= 15 is 0 Å². The SMILES string of the molecule is Clc1cccc(COc2c(Br)cc(C=Nc3ccccc3)cc2Br)c1. The lowest BCUT2D eigenvalue weighted by atomic mass is 10.2. The molecule has 0 aliphatic heterocycles.